The Kier molecular flexibility index (Phi) is 3.42. The molecule has 1 heterocycles. The number of amides is 1. The van der Waals surface area contributed by atoms with Crippen LogP contribution in [0.25, 0.3) is 0 Å². The number of hydrogen-bond donors (Lipinski definition) is 0. The van der Waals surface area contributed by atoms with Crippen LogP contribution in [0.15, 0.2) is 24.3 Å². The van der Waals surface area contributed by atoms with Gasteiger partial charge in [0.05, 0.1) is 12.0 Å². The van der Waals surface area contributed by atoms with Gasteiger partial charge < -0.3 is 0 Å². The van der Waals surface area contributed by atoms with E-state index in [0.29, 0.717) is 0 Å². The minimum Gasteiger partial charge on any atom is -0.274 e. The van der Waals surface area contributed by atoms with Crippen molar-refractivity contribution >= 4 is 25.8 Å². The molecule has 1 aliphatic heterocycles. The summed E-state index contributed by atoms with van der Waals surface area (Å²) < 4.78 is 23.8. The SMILES string of the molecule is CC(C)(C)c1ccc(C2(C)CC(=O)N2S(=O)(=O)Cl)cc1. The monoisotopic (exact) mass is 315 g/mol. The van der Waals surface area contributed by atoms with Crippen LogP contribution in [0.4, 0.5) is 0 Å². The zero-order chi connectivity index (χ0) is 15.3. The van der Waals surface area contributed by atoms with Gasteiger partial charge in [-0.05, 0) is 23.5 Å². The number of hydrogen-bond acceptors (Lipinski definition) is 3. The molecule has 1 amide bonds. The highest BCUT2D eigenvalue weighted by atomic mass is 35.7. The number of carbonyl (C=O) groups is 1. The topological polar surface area (TPSA) is 54.5 Å². The fraction of sp³-hybridized carbons (Fsp3) is 0.500. The van der Waals surface area contributed by atoms with E-state index in [4.69, 9.17) is 10.7 Å². The predicted octanol–water partition coefficient (Wildman–Crippen LogP) is 2.92. The number of halogens is 1. The van der Waals surface area contributed by atoms with Gasteiger partial charge in [-0.1, -0.05) is 45.0 Å². The van der Waals surface area contributed by atoms with Crippen molar-refractivity contribution in [1.29, 1.82) is 0 Å². The van der Waals surface area contributed by atoms with Crippen LogP contribution in [0.1, 0.15) is 45.2 Å². The molecule has 1 aromatic carbocycles. The van der Waals surface area contributed by atoms with Crippen LogP contribution in [0.2, 0.25) is 0 Å². The van der Waals surface area contributed by atoms with Crippen molar-refractivity contribution in [3.8, 4) is 0 Å². The minimum atomic E-state index is -4.05. The lowest BCUT2D eigenvalue weighted by atomic mass is 9.80. The second-order valence-corrected chi connectivity index (χ2v) is 8.74. The Labute approximate surface area is 124 Å². The molecular formula is C14H18ClNO3S. The van der Waals surface area contributed by atoms with Crippen molar-refractivity contribution in [2.75, 3.05) is 0 Å². The maximum Gasteiger partial charge on any atom is 0.324 e. The molecule has 1 saturated heterocycles. The highest BCUT2D eigenvalue weighted by Crippen LogP contribution is 2.44. The number of carbonyl (C=O) groups excluding carboxylic acids is 1. The van der Waals surface area contributed by atoms with Gasteiger partial charge in [0, 0.05) is 10.7 Å². The molecule has 0 radical (unpaired) electrons. The summed E-state index contributed by atoms with van der Waals surface area (Å²) in [5, 5.41) is 0. The lowest BCUT2D eigenvalue weighted by Gasteiger charge is -2.47. The number of nitrogens with zero attached hydrogens (tertiary/aromatic N) is 1. The summed E-state index contributed by atoms with van der Waals surface area (Å²) in [5.74, 6) is -0.470. The summed E-state index contributed by atoms with van der Waals surface area (Å²) in [5.41, 5.74) is 1.06. The summed E-state index contributed by atoms with van der Waals surface area (Å²) in [6.07, 6.45) is 0.147. The van der Waals surface area contributed by atoms with E-state index in [1.165, 1.54) is 0 Å². The third-order valence-electron chi connectivity index (χ3n) is 3.76. The average Bonchev–Trinajstić information content (AvgIpc) is 2.24. The zero-order valence-corrected chi connectivity index (χ0v) is 13.5. The van der Waals surface area contributed by atoms with Gasteiger partial charge in [0.15, 0.2) is 0 Å². The van der Waals surface area contributed by atoms with Gasteiger partial charge in [0.1, 0.15) is 0 Å². The zero-order valence-electron chi connectivity index (χ0n) is 12.0. The van der Waals surface area contributed by atoms with Crippen LogP contribution in [0.5, 0.6) is 0 Å². The Morgan fingerprint density at radius 3 is 2.05 bits per heavy atom. The van der Waals surface area contributed by atoms with E-state index >= 15 is 0 Å². The molecule has 2 rings (SSSR count). The summed E-state index contributed by atoms with van der Waals surface area (Å²) >= 11 is 0. The Bertz CT molecular complexity index is 646. The molecule has 1 unspecified atom stereocenters. The van der Waals surface area contributed by atoms with Crippen LogP contribution in [-0.2, 0) is 25.0 Å². The Morgan fingerprint density at radius 2 is 1.70 bits per heavy atom. The smallest absolute Gasteiger partial charge is 0.274 e. The lowest BCUT2D eigenvalue weighted by molar-refractivity contribution is -0.144. The first-order valence-corrected chi connectivity index (χ1v) is 8.62. The van der Waals surface area contributed by atoms with Crippen LogP contribution in [-0.4, -0.2) is 18.6 Å². The predicted molar refractivity (Wildman–Crippen MR) is 78.7 cm³/mol. The van der Waals surface area contributed by atoms with Crippen molar-refractivity contribution in [2.45, 2.75) is 45.1 Å². The Morgan fingerprint density at radius 1 is 1.20 bits per heavy atom. The first-order chi connectivity index (χ1) is 8.96. The third kappa shape index (κ3) is 2.44. The maximum atomic E-state index is 11.6. The number of rotatable bonds is 2. The summed E-state index contributed by atoms with van der Waals surface area (Å²) in [6, 6.07) is 7.65. The second-order valence-electron chi connectivity index (χ2n) is 6.38. The minimum absolute atomic E-state index is 0.0209. The highest BCUT2D eigenvalue weighted by Gasteiger charge is 2.54. The van der Waals surface area contributed by atoms with E-state index in [1.54, 1.807) is 6.92 Å². The summed E-state index contributed by atoms with van der Waals surface area (Å²) in [7, 11) is 1.29. The van der Waals surface area contributed by atoms with Crippen molar-refractivity contribution in [3.05, 3.63) is 35.4 Å². The van der Waals surface area contributed by atoms with Crippen LogP contribution in [0, 0.1) is 0 Å². The van der Waals surface area contributed by atoms with Gasteiger partial charge in [-0.25, -0.2) is 4.31 Å². The third-order valence-corrected chi connectivity index (χ3v) is 5.22. The van der Waals surface area contributed by atoms with Gasteiger partial charge in [0.25, 0.3) is 0 Å². The van der Waals surface area contributed by atoms with Crippen molar-refractivity contribution in [1.82, 2.24) is 4.31 Å². The average molecular weight is 316 g/mol. The number of β-lactam (4-membered cyclic amide) rings is 1. The van der Waals surface area contributed by atoms with E-state index in [1.807, 2.05) is 24.3 Å². The molecule has 0 saturated carbocycles. The molecular weight excluding hydrogens is 298 g/mol. The molecule has 0 aromatic heterocycles. The molecule has 1 fully saturated rings. The summed E-state index contributed by atoms with van der Waals surface area (Å²) in [6.45, 7) is 8.02. The molecule has 0 aliphatic carbocycles. The fourth-order valence-corrected chi connectivity index (χ4v) is 4.18. The van der Waals surface area contributed by atoms with E-state index in [0.717, 1.165) is 15.4 Å². The van der Waals surface area contributed by atoms with E-state index in [2.05, 4.69) is 20.8 Å². The molecule has 4 nitrogen and oxygen atoms in total. The number of benzene rings is 1. The van der Waals surface area contributed by atoms with Gasteiger partial charge in [-0.3, -0.25) is 4.79 Å². The quantitative estimate of drug-likeness (QED) is 0.623. The largest absolute Gasteiger partial charge is 0.324 e. The lowest BCUT2D eigenvalue weighted by Crippen LogP contribution is -2.60. The van der Waals surface area contributed by atoms with Crippen LogP contribution in [0.3, 0.4) is 0 Å². The highest BCUT2D eigenvalue weighted by molar-refractivity contribution is 8.12. The van der Waals surface area contributed by atoms with E-state index < -0.39 is 20.7 Å². The molecule has 20 heavy (non-hydrogen) atoms. The Hall–Kier alpha value is -1.07. The molecule has 6 heteroatoms. The second kappa shape index (κ2) is 4.46. The first kappa shape index (κ1) is 15.3. The normalized spacial score (nSPS) is 23.6. The molecule has 0 bridgehead atoms. The maximum absolute atomic E-state index is 11.6. The van der Waals surface area contributed by atoms with Gasteiger partial charge in [-0.15, -0.1) is 0 Å². The van der Waals surface area contributed by atoms with Crippen LogP contribution < -0.4 is 0 Å². The molecule has 1 atom stereocenters. The molecule has 0 N–H and O–H groups in total. The molecule has 0 spiro atoms. The van der Waals surface area contributed by atoms with E-state index in [9.17, 15) is 13.2 Å². The fourth-order valence-electron chi connectivity index (χ4n) is 2.53. The molecule has 110 valence electrons. The van der Waals surface area contributed by atoms with Crippen molar-refractivity contribution < 1.29 is 13.2 Å². The van der Waals surface area contributed by atoms with Gasteiger partial charge in [0.2, 0.25) is 5.91 Å². The Balaban J connectivity index is 2.39. The van der Waals surface area contributed by atoms with Crippen molar-refractivity contribution in [3.63, 3.8) is 0 Å². The van der Waals surface area contributed by atoms with Crippen molar-refractivity contribution in [2.24, 2.45) is 0 Å². The van der Waals surface area contributed by atoms with E-state index in [-0.39, 0.29) is 11.8 Å². The summed E-state index contributed by atoms with van der Waals surface area (Å²) in [4.78, 5) is 11.6. The standard InChI is InChI=1S/C14H18ClNO3S/c1-13(2,3)10-5-7-11(8-6-10)14(4)9-12(17)16(14)20(15,18)19/h5-8H,9H2,1-4H3. The van der Waals surface area contributed by atoms with Crippen LogP contribution >= 0.6 is 10.7 Å². The molecule has 1 aliphatic rings. The van der Waals surface area contributed by atoms with Gasteiger partial charge in [-0.2, -0.15) is 8.42 Å². The first-order valence-electron chi connectivity index (χ1n) is 6.35. The van der Waals surface area contributed by atoms with Gasteiger partial charge >= 0.3 is 9.24 Å². The molecule has 1 aromatic rings.